The fraction of sp³-hybridized carbons (Fsp3) is 0.458. The molecule has 2 amide bonds. The van der Waals surface area contributed by atoms with Gasteiger partial charge in [0.2, 0.25) is 17.8 Å². The third kappa shape index (κ3) is 10.3. The van der Waals surface area contributed by atoms with E-state index in [9.17, 15) is 23.6 Å². The quantitative estimate of drug-likeness (QED) is 0.104. The van der Waals surface area contributed by atoms with Crippen molar-refractivity contribution in [2.24, 2.45) is 13.0 Å². The van der Waals surface area contributed by atoms with Crippen molar-refractivity contribution >= 4 is 40.7 Å². The molecule has 0 saturated carbocycles. The van der Waals surface area contributed by atoms with Crippen LogP contribution in [0, 0.1) is 11.7 Å². The molecule has 2 aromatic heterocycles. The molecule has 5 heterocycles. The van der Waals surface area contributed by atoms with Crippen molar-refractivity contribution in [3.05, 3.63) is 107 Å². The van der Waals surface area contributed by atoms with E-state index in [-0.39, 0.29) is 42.1 Å². The third-order valence-corrected chi connectivity index (χ3v) is 13.1. The summed E-state index contributed by atoms with van der Waals surface area (Å²) in [6.07, 6.45) is 13.5. The Labute approximate surface area is 363 Å². The molecule has 0 bridgehead atoms. The van der Waals surface area contributed by atoms with Crippen LogP contribution in [0.5, 0.6) is 0 Å². The molecule has 3 aliphatic rings. The summed E-state index contributed by atoms with van der Waals surface area (Å²) in [7, 11) is 3.30. The molecule has 3 fully saturated rings. The first kappa shape index (κ1) is 44.3. The average Bonchev–Trinajstić information content (AvgIpc) is 3.55. The molecule has 0 aliphatic carbocycles. The summed E-state index contributed by atoms with van der Waals surface area (Å²) in [5.41, 5.74) is 5.12. The van der Waals surface area contributed by atoms with Gasteiger partial charge in [0.1, 0.15) is 12.0 Å². The zero-order chi connectivity index (χ0) is 43.8. The highest BCUT2D eigenvalue weighted by molar-refractivity contribution is 5.80. The lowest BCUT2D eigenvalue weighted by Gasteiger charge is -2.38. The number of likely N-dealkylation sites (tertiary alicyclic amines) is 3. The average molecular weight is 846 g/mol. The number of nitrogens with one attached hydrogen (secondary N) is 2. The number of carbonyl (C=O) groups is 3. The smallest absolute Gasteiger partial charge is 0.329 e. The molecule has 3 aliphatic heterocycles. The lowest BCUT2D eigenvalue weighted by atomic mass is 9.88. The number of aromatic nitrogens is 4. The van der Waals surface area contributed by atoms with E-state index in [1.54, 1.807) is 30.8 Å². The number of aryl methyl sites for hydroxylation is 1. The molecule has 1 atom stereocenters. The summed E-state index contributed by atoms with van der Waals surface area (Å²) in [5.74, 6) is 0.892. The van der Waals surface area contributed by atoms with E-state index in [4.69, 9.17) is 0 Å². The van der Waals surface area contributed by atoms with Crippen LogP contribution >= 0.6 is 0 Å². The van der Waals surface area contributed by atoms with Gasteiger partial charge in [0.25, 0.3) is 0 Å². The van der Waals surface area contributed by atoms with Gasteiger partial charge in [-0.25, -0.2) is 19.2 Å². The number of imidazole rings is 1. The monoisotopic (exact) mass is 845 g/mol. The van der Waals surface area contributed by atoms with E-state index >= 15 is 0 Å². The van der Waals surface area contributed by atoms with Crippen LogP contribution in [0.15, 0.2) is 84.8 Å². The topological polar surface area (TPSA) is 138 Å². The Morgan fingerprint density at radius 1 is 0.952 bits per heavy atom. The second-order valence-corrected chi connectivity index (χ2v) is 17.0. The van der Waals surface area contributed by atoms with Crippen LogP contribution in [-0.4, -0.2) is 117 Å². The first-order valence-electron chi connectivity index (χ1n) is 22.0. The molecule has 4 aromatic rings. The van der Waals surface area contributed by atoms with Gasteiger partial charge in [0.05, 0.1) is 29.8 Å². The maximum absolute atomic E-state index is 15.0. The molecular formula is C48H60FN9O4. The van der Waals surface area contributed by atoms with Crippen LogP contribution in [0.4, 0.5) is 10.3 Å². The fourth-order valence-corrected chi connectivity index (χ4v) is 9.40. The van der Waals surface area contributed by atoms with Gasteiger partial charge in [-0.2, -0.15) is 0 Å². The Bertz CT molecular complexity index is 2350. The fourth-order valence-electron chi connectivity index (χ4n) is 9.40. The summed E-state index contributed by atoms with van der Waals surface area (Å²) in [6.45, 7) is 14.4. The third-order valence-electron chi connectivity index (χ3n) is 13.1. The van der Waals surface area contributed by atoms with Gasteiger partial charge in [0.15, 0.2) is 5.82 Å². The Morgan fingerprint density at radius 2 is 1.69 bits per heavy atom. The Morgan fingerprint density at radius 3 is 2.39 bits per heavy atom. The molecule has 3 saturated heterocycles. The minimum absolute atomic E-state index is 0.0783. The predicted molar refractivity (Wildman–Crippen MR) is 242 cm³/mol. The van der Waals surface area contributed by atoms with E-state index < -0.39 is 11.9 Å². The van der Waals surface area contributed by atoms with Crippen molar-refractivity contribution in [3.8, 4) is 11.3 Å². The summed E-state index contributed by atoms with van der Waals surface area (Å²) < 4.78 is 18.1. The van der Waals surface area contributed by atoms with E-state index in [1.807, 2.05) is 41.3 Å². The number of fused-ring (bicyclic) bond motifs is 1. The van der Waals surface area contributed by atoms with Crippen LogP contribution in [0.25, 0.3) is 27.9 Å². The minimum atomic E-state index is -0.702. The van der Waals surface area contributed by atoms with Gasteiger partial charge in [-0.15, -0.1) is 0 Å². The number of hydrogen-bond donors (Lipinski definition) is 2. The maximum atomic E-state index is 15.0. The van der Waals surface area contributed by atoms with Crippen LogP contribution in [0.3, 0.4) is 0 Å². The highest BCUT2D eigenvalue weighted by atomic mass is 19.1. The lowest BCUT2D eigenvalue weighted by molar-refractivity contribution is -0.133. The molecule has 13 nitrogen and oxygen atoms in total. The Kier molecular flexibility index (Phi) is 14.6. The SMILES string of the molecule is C=C/C=C(\C=C)c1cccc(-c2nc(NC3CCN(C(=O)CN4CCC(CN5CCC(c6ccc7c(c6)n(C)c(=O)n7C(C=O)CCC(=O)NC)CC5)CC4)CC3)ncc2F)c1. The molecule has 62 heavy (non-hydrogen) atoms. The van der Waals surface area contributed by atoms with Crippen LogP contribution in [0.1, 0.15) is 74.5 Å². The second kappa shape index (κ2) is 20.4. The van der Waals surface area contributed by atoms with Crippen molar-refractivity contribution < 1.29 is 18.8 Å². The number of benzene rings is 2. The minimum Gasteiger partial charge on any atom is -0.359 e. The standard InChI is InChI=1S/C48H60FN9O4/c1-5-8-34(6-2)36-9-7-10-38(27-36)46-41(49)29-51-47(53-46)52-39-19-25-57(26-20-39)45(61)31-56-21-15-33(16-22-56)30-55-23-17-35(18-24-55)37-11-13-42-43(28-37)54(4)48(62)58(42)40(32-59)12-14-44(60)50-3/h5-11,13,27-29,32-33,35,39-40H,1-2,12,14-26,30-31H2,3-4H3,(H,50,60)(H,51,52,53)/b34-8+. The number of hydrogen-bond acceptors (Lipinski definition) is 9. The molecule has 2 aromatic carbocycles. The van der Waals surface area contributed by atoms with Crippen LogP contribution in [0.2, 0.25) is 0 Å². The summed E-state index contributed by atoms with van der Waals surface area (Å²) in [6, 6.07) is 13.1. The highest BCUT2D eigenvalue weighted by Crippen LogP contribution is 2.32. The van der Waals surface area contributed by atoms with Crippen LogP contribution < -0.4 is 16.3 Å². The van der Waals surface area contributed by atoms with Crippen molar-refractivity contribution in [2.75, 3.05) is 64.7 Å². The van der Waals surface area contributed by atoms with Gasteiger partial charge < -0.3 is 25.2 Å². The number of rotatable bonds is 16. The van der Waals surface area contributed by atoms with Gasteiger partial charge in [-0.3, -0.25) is 23.6 Å². The van der Waals surface area contributed by atoms with E-state index in [0.29, 0.717) is 48.5 Å². The first-order valence-corrected chi connectivity index (χ1v) is 22.0. The van der Waals surface area contributed by atoms with Gasteiger partial charge in [-0.1, -0.05) is 55.7 Å². The van der Waals surface area contributed by atoms with Gasteiger partial charge in [0, 0.05) is 51.8 Å². The first-order chi connectivity index (χ1) is 30.1. The predicted octanol–water partition coefficient (Wildman–Crippen LogP) is 5.95. The molecule has 7 rings (SSSR count). The zero-order valence-corrected chi connectivity index (χ0v) is 36.1. The second-order valence-electron chi connectivity index (χ2n) is 17.0. The summed E-state index contributed by atoms with van der Waals surface area (Å²) >= 11 is 0. The number of aldehydes is 1. The van der Waals surface area contributed by atoms with Crippen LogP contribution in [-0.2, 0) is 21.4 Å². The zero-order valence-electron chi connectivity index (χ0n) is 36.1. The van der Waals surface area contributed by atoms with Crippen molar-refractivity contribution in [1.29, 1.82) is 0 Å². The lowest BCUT2D eigenvalue weighted by Crippen LogP contribution is -2.48. The Balaban J connectivity index is 0.833. The number of carbonyl (C=O) groups excluding carboxylic acids is 3. The number of piperidine rings is 3. The van der Waals surface area contributed by atoms with Crippen molar-refractivity contribution in [2.45, 2.75) is 69.4 Å². The van der Waals surface area contributed by atoms with Gasteiger partial charge >= 0.3 is 5.69 Å². The maximum Gasteiger partial charge on any atom is 0.329 e. The number of halogens is 1. The van der Waals surface area contributed by atoms with E-state index in [0.717, 1.165) is 94.2 Å². The van der Waals surface area contributed by atoms with Gasteiger partial charge in [-0.05, 0) is 118 Å². The largest absolute Gasteiger partial charge is 0.359 e. The van der Waals surface area contributed by atoms with Crippen molar-refractivity contribution in [3.63, 3.8) is 0 Å². The number of amides is 2. The Hall–Kier alpha value is -5.73. The molecule has 14 heteroatoms. The highest BCUT2D eigenvalue weighted by Gasteiger charge is 2.29. The van der Waals surface area contributed by atoms with E-state index in [1.165, 1.54) is 16.3 Å². The van der Waals surface area contributed by atoms with Crippen molar-refractivity contribution in [1.82, 2.24) is 39.1 Å². The normalized spacial score (nSPS) is 18.1. The molecular weight excluding hydrogens is 786 g/mol. The molecule has 0 spiro atoms. The summed E-state index contributed by atoms with van der Waals surface area (Å²) in [5, 5.41) is 5.96. The number of nitrogens with zero attached hydrogens (tertiary/aromatic N) is 7. The molecule has 2 N–H and O–H groups in total. The number of anilines is 1. The number of allylic oxidation sites excluding steroid dienone is 4. The molecule has 1 unspecified atom stereocenters. The molecule has 328 valence electrons. The van der Waals surface area contributed by atoms with E-state index in [2.05, 4.69) is 55.7 Å². The summed E-state index contributed by atoms with van der Waals surface area (Å²) in [4.78, 5) is 66.1. The molecule has 0 radical (unpaired) electrons.